The van der Waals surface area contributed by atoms with Crippen molar-refractivity contribution in [1.29, 1.82) is 0 Å². The van der Waals surface area contributed by atoms with Crippen LogP contribution in [0.2, 0.25) is 5.02 Å². The first-order chi connectivity index (χ1) is 14.7. The fourth-order valence-electron chi connectivity index (χ4n) is 3.34. The molecule has 1 heterocycles. The van der Waals surface area contributed by atoms with E-state index in [9.17, 15) is 18.3 Å². The summed E-state index contributed by atoms with van der Waals surface area (Å²) >= 11 is 9.26. The quantitative estimate of drug-likeness (QED) is 0.362. The highest BCUT2D eigenvalue weighted by molar-refractivity contribution is 9.10. The summed E-state index contributed by atoms with van der Waals surface area (Å²) in [6, 6.07) is 17.9. The SMILES string of the molecule is COC(=O)c1ccc2c(c1)cc(-c1ccccc1)n2S(=O)(=O)c1cc(Br)cc(Cl)c1O. The number of ether oxygens (including phenoxy) is 1. The van der Waals surface area contributed by atoms with Crippen molar-refractivity contribution in [3.05, 3.63) is 81.8 Å². The summed E-state index contributed by atoms with van der Waals surface area (Å²) in [6.07, 6.45) is 0. The van der Waals surface area contributed by atoms with Gasteiger partial charge in [-0.15, -0.1) is 0 Å². The smallest absolute Gasteiger partial charge is 0.337 e. The fourth-order valence-corrected chi connectivity index (χ4v) is 6.03. The third-order valence-corrected chi connectivity index (χ3v) is 7.25. The number of aromatic nitrogens is 1. The van der Waals surface area contributed by atoms with Gasteiger partial charge in [0.2, 0.25) is 0 Å². The van der Waals surface area contributed by atoms with Crippen LogP contribution in [-0.2, 0) is 14.8 Å². The van der Waals surface area contributed by atoms with Gasteiger partial charge in [-0.25, -0.2) is 17.2 Å². The average Bonchev–Trinajstić information content (AvgIpc) is 3.15. The van der Waals surface area contributed by atoms with Crippen LogP contribution in [0.5, 0.6) is 5.75 Å². The molecule has 31 heavy (non-hydrogen) atoms. The Morgan fingerprint density at radius 3 is 2.45 bits per heavy atom. The number of halogens is 2. The lowest BCUT2D eigenvalue weighted by atomic mass is 10.1. The predicted molar refractivity (Wildman–Crippen MR) is 122 cm³/mol. The summed E-state index contributed by atoms with van der Waals surface area (Å²) in [5, 5.41) is 10.9. The van der Waals surface area contributed by atoms with E-state index < -0.39 is 21.7 Å². The van der Waals surface area contributed by atoms with E-state index in [1.807, 2.05) is 6.07 Å². The molecule has 4 aromatic rings. The third kappa shape index (κ3) is 3.71. The molecule has 1 aromatic heterocycles. The number of methoxy groups -OCH3 is 1. The minimum Gasteiger partial charge on any atom is -0.505 e. The van der Waals surface area contributed by atoms with Gasteiger partial charge in [0.25, 0.3) is 10.0 Å². The Balaban J connectivity index is 2.08. The molecule has 0 aliphatic rings. The summed E-state index contributed by atoms with van der Waals surface area (Å²) in [7, 11) is -3.00. The van der Waals surface area contributed by atoms with Crippen LogP contribution in [0, 0.1) is 0 Å². The van der Waals surface area contributed by atoms with Gasteiger partial charge in [0.1, 0.15) is 4.90 Å². The van der Waals surface area contributed by atoms with Crippen molar-refractivity contribution in [3.63, 3.8) is 0 Å². The molecule has 0 fully saturated rings. The standard InChI is InChI=1S/C22H15BrClNO5S/c1-30-22(27)14-7-8-18-15(9-14)10-19(13-5-3-2-4-6-13)25(18)31(28,29)20-12-16(23)11-17(24)21(20)26/h2-12,26H,1H3. The van der Waals surface area contributed by atoms with Gasteiger partial charge < -0.3 is 9.84 Å². The topological polar surface area (TPSA) is 85.6 Å². The van der Waals surface area contributed by atoms with Crippen molar-refractivity contribution in [1.82, 2.24) is 3.97 Å². The molecular formula is C22H15BrClNO5S. The Morgan fingerprint density at radius 2 is 1.77 bits per heavy atom. The second-order valence-electron chi connectivity index (χ2n) is 6.66. The molecule has 9 heteroatoms. The van der Waals surface area contributed by atoms with Gasteiger partial charge >= 0.3 is 5.97 Å². The van der Waals surface area contributed by atoms with Gasteiger partial charge in [0, 0.05) is 9.86 Å². The van der Waals surface area contributed by atoms with E-state index in [0.717, 1.165) is 3.97 Å². The molecule has 0 atom stereocenters. The summed E-state index contributed by atoms with van der Waals surface area (Å²) in [5.74, 6) is -1.08. The molecule has 4 rings (SSSR count). The lowest BCUT2D eigenvalue weighted by Gasteiger charge is -2.14. The molecule has 0 aliphatic heterocycles. The molecule has 1 N–H and O–H groups in total. The Hall–Kier alpha value is -2.81. The van der Waals surface area contributed by atoms with Gasteiger partial charge in [-0.1, -0.05) is 57.9 Å². The van der Waals surface area contributed by atoms with Gasteiger partial charge in [-0.05, 0) is 42.0 Å². The average molecular weight is 521 g/mol. The van der Waals surface area contributed by atoms with E-state index in [1.165, 1.54) is 31.4 Å². The number of hydrogen-bond acceptors (Lipinski definition) is 5. The van der Waals surface area contributed by atoms with E-state index in [2.05, 4.69) is 15.9 Å². The van der Waals surface area contributed by atoms with Crippen molar-refractivity contribution < 1.29 is 23.1 Å². The number of fused-ring (bicyclic) bond motifs is 1. The number of aromatic hydroxyl groups is 1. The molecule has 0 amide bonds. The van der Waals surface area contributed by atoms with Crippen molar-refractivity contribution in [2.24, 2.45) is 0 Å². The molecule has 0 radical (unpaired) electrons. The van der Waals surface area contributed by atoms with Crippen molar-refractivity contribution in [2.75, 3.05) is 7.11 Å². The number of hydrogen-bond donors (Lipinski definition) is 1. The van der Waals surface area contributed by atoms with Crippen LogP contribution in [-0.4, -0.2) is 30.6 Å². The molecular weight excluding hydrogens is 506 g/mol. The van der Waals surface area contributed by atoms with Gasteiger partial charge in [-0.3, -0.25) is 0 Å². The molecule has 0 saturated carbocycles. The number of benzene rings is 3. The maximum absolute atomic E-state index is 13.7. The van der Waals surface area contributed by atoms with E-state index in [1.54, 1.807) is 36.4 Å². The van der Waals surface area contributed by atoms with Crippen LogP contribution in [0.15, 0.2) is 76.1 Å². The van der Waals surface area contributed by atoms with E-state index in [4.69, 9.17) is 16.3 Å². The largest absolute Gasteiger partial charge is 0.505 e. The lowest BCUT2D eigenvalue weighted by Crippen LogP contribution is -2.14. The lowest BCUT2D eigenvalue weighted by molar-refractivity contribution is 0.0601. The highest BCUT2D eigenvalue weighted by atomic mass is 79.9. The van der Waals surface area contributed by atoms with Crippen molar-refractivity contribution >= 4 is 54.4 Å². The molecule has 0 bridgehead atoms. The maximum atomic E-state index is 13.7. The first-order valence-electron chi connectivity index (χ1n) is 8.97. The summed E-state index contributed by atoms with van der Waals surface area (Å²) in [4.78, 5) is 11.6. The Bertz CT molecular complexity index is 1430. The number of phenols is 1. The van der Waals surface area contributed by atoms with Crippen LogP contribution in [0.1, 0.15) is 10.4 Å². The monoisotopic (exact) mass is 519 g/mol. The van der Waals surface area contributed by atoms with Crippen molar-refractivity contribution in [3.8, 4) is 17.0 Å². The third-order valence-electron chi connectivity index (χ3n) is 4.76. The van der Waals surface area contributed by atoms with Gasteiger partial charge in [-0.2, -0.15) is 0 Å². The first-order valence-corrected chi connectivity index (χ1v) is 11.6. The zero-order valence-electron chi connectivity index (χ0n) is 16.0. The molecule has 3 aromatic carbocycles. The summed E-state index contributed by atoms with van der Waals surface area (Å²) < 4.78 is 33.8. The summed E-state index contributed by atoms with van der Waals surface area (Å²) in [5.41, 5.74) is 1.63. The number of carbonyl (C=O) groups is 1. The minimum absolute atomic E-state index is 0.0985. The second kappa shape index (κ2) is 8.03. The minimum atomic E-state index is -4.28. The number of nitrogens with zero attached hydrogens (tertiary/aromatic N) is 1. The maximum Gasteiger partial charge on any atom is 0.337 e. The number of phenolic OH excluding ortho intramolecular Hbond substituents is 1. The van der Waals surface area contributed by atoms with Gasteiger partial charge in [0.15, 0.2) is 5.75 Å². The zero-order chi connectivity index (χ0) is 22.3. The normalized spacial score (nSPS) is 11.6. The first kappa shape index (κ1) is 21.4. The Labute approximate surface area is 191 Å². The number of esters is 1. The fraction of sp³-hybridized carbons (Fsp3) is 0.0455. The van der Waals surface area contributed by atoms with E-state index in [0.29, 0.717) is 26.6 Å². The van der Waals surface area contributed by atoms with Crippen LogP contribution in [0.3, 0.4) is 0 Å². The molecule has 0 spiro atoms. The van der Waals surface area contributed by atoms with Crippen LogP contribution in [0.25, 0.3) is 22.2 Å². The van der Waals surface area contributed by atoms with Gasteiger partial charge in [0.05, 0.1) is 28.9 Å². The predicted octanol–water partition coefficient (Wildman–Crippen LogP) is 5.45. The molecule has 6 nitrogen and oxygen atoms in total. The van der Waals surface area contributed by atoms with E-state index >= 15 is 0 Å². The number of rotatable bonds is 4. The van der Waals surface area contributed by atoms with Crippen molar-refractivity contribution in [2.45, 2.75) is 4.90 Å². The Morgan fingerprint density at radius 1 is 1.06 bits per heavy atom. The molecule has 0 saturated heterocycles. The highest BCUT2D eigenvalue weighted by Crippen LogP contribution is 2.39. The number of carbonyl (C=O) groups excluding carboxylic acids is 1. The van der Waals surface area contributed by atoms with Crippen LogP contribution in [0.4, 0.5) is 0 Å². The van der Waals surface area contributed by atoms with Crippen LogP contribution < -0.4 is 0 Å². The zero-order valence-corrected chi connectivity index (χ0v) is 19.2. The molecule has 0 unspecified atom stereocenters. The van der Waals surface area contributed by atoms with Crippen LogP contribution >= 0.6 is 27.5 Å². The Kier molecular flexibility index (Phi) is 5.55. The second-order valence-corrected chi connectivity index (χ2v) is 9.74. The molecule has 158 valence electrons. The van der Waals surface area contributed by atoms with E-state index in [-0.39, 0.29) is 15.5 Å². The summed E-state index contributed by atoms with van der Waals surface area (Å²) in [6.45, 7) is 0. The highest BCUT2D eigenvalue weighted by Gasteiger charge is 2.28. The molecule has 0 aliphatic carbocycles.